The standard InChI is InChI=1S/C15H22ClN3/c1-4-17-15(18-14-9-11(14)2)19(3)10-12-5-7-13(16)8-6-12/h5-8,11,14H,4,9-10H2,1-3H3,(H,17,18). The molecule has 2 atom stereocenters. The molecular formula is C15H22ClN3. The Balaban J connectivity index is 1.96. The zero-order valence-corrected chi connectivity index (χ0v) is 12.6. The maximum atomic E-state index is 5.90. The molecule has 4 heteroatoms. The second kappa shape index (κ2) is 6.29. The van der Waals surface area contributed by atoms with E-state index in [0.29, 0.717) is 6.04 Å². The van der Waals surface area contributed by atoms with Gasteiger partial charge in [0.05, 0.1) is 0 Å². The van der Waals surface area contributed by atoms with Gasteiger partial charge >= 0.3 is 0 Å². The highest BCUT2D eigenvalue weighted by molar-refractivity contribution is 6.30. The van der Waals surface area contributed by atoms with Crippen LogP contribution < -0.4 is 5.32 Å². The third kappa shape index (κ3) is 4.13. The van der Waals surface area contributed by atoms with Crippen LogP contribution in [0.3, 0.4) is 0 Å². The highest BCUT2D eigenvalue weighted by atomic mass is 35.5. The van der Waals surface area contributed by atoms with Gasteiger partial charge in [0.25, 0.3) is 0 Å². The first-order valence-electron chi connectivity index (χ1n) is 6.86. The molecule has 0 radical (unpaired) electrons. The molecular weight excluding hydrogens is 258 g/mol. The molecule has 0 heterocycles. The van der Waals surface area contributed by atoms with E-state index in [0.717, 1.165) is 30.0 Å². The fourth-order valence-electron chi connectivity index (χ4n) is 2.05. The maximum absolute atomic E-state index is 5.90. The second-order valence-corrected chi connectivity index (χ2v) is 5.68. The van der Waals surface area contributed by atoms with E-state index >= 15 is 0 Å². The molecule has 19 heavy (non-hydrogen) atoms. The fourth-order valence-corrected chi connectivity index (χ4v) is 2.18. The number of hydrogen-bond acceptors (Lipinski definition) is 1. The predicted octanol–water partition coefficient (Wildman–Crippen LogP) is 3.15. The summed E-state index contributed by atoms with van der Waals surface area (Å²) in [5.74, 6) is 1.76. The molecule has 1 aliphatic rings. The molecule has 3 nitrogen and oxygen atoms in total. The SMILES string of the molecule is CCN=C(NC1CC1C)N(C)Cc1ccc(Cl)cc1. The third-order valence-corrected chi connectivity index (χ3v) is 3.68. The fraction of sp³-hybridized carbons (Fsp3) is 0.533. The lowest BCUT2D eigenvalue weighted by molar-refractivity contribution is 0.473. The normalized spacial score (nSPS) is 22.2. The lowest BCUT2D eigenvalue weighted by atomic mass is 10.2. The Hall–Kier alpha value is -1.22. The summed E-state index contributed by atoms with van der Waals surface area (Å²) in [6.45, 7) is 5.97. The number of rotatable bonds is 4. The van der Waals surface area contributed by atoms with Crippen molar-refractivity contribution in [3.63, 3.8) is 0 Å². The lowest BCUT2D eigenvalue weighted by Crippen LogP contribution is -2.40. The molecule has 1 aromatic rings. The number of benzene rings is 1. The van der Waals surface area contributed by atoms with Crippen molar-refractivity contribution >= 4 is 17.6 Å². The number of aliphatic imine (C=N–C) groups is 1. The predicted molar refractivity (Wildman–Crippen MR) is 81.6 cm³/mol. The minimum Gasteiger partial charge on any atom is -0.353 e. The molecule has 0 spiro atoms. The van der Waals surface area contributed by atoms with Gasteiger partial charge in [0, 0.05) is 31.2 Å². The van der Waals surface area contributed by atoms with E-state index in [-0.39, 0.29) is 0 Å². The van der Waals surface area contributed by atoms with Gasteiger partial charge in [-0.05, 0) is 37.0 Å². The van der Waals surface area contributed by atoms with Crippen molar-refractivity contribution < 1.29 is 0 Å². The molecule has 0 aromatic heterocycles. The van der Waals surface area contributed by atoms with Crippen molar-refractivity contribution in [1.82, 2.24) is 10.2 Å². The molecule has 1 saturated carbocycles. The van der Waals surface area contributed by atoms with E-state index in [2.05, 4.69) is 48.2 Å². The molecule has 0 saturated heterocycles. The quantitative estimate of drug-likeness (QED) is 0.677. The number of halogens is 1. The number of nitrogens with one attached hydrogen (secondary N) is 1. The van der Waals surface area contributed by atoms with Crippen LogP contribution in [0.25, 0.3) is 0 Å². The smallest absolute Gasteiger partial charge is 0.194 e. The van der Waals surface area contributed by atoms with E-state index in [9.17, 15) is 0 Å². The summed E-state index contributed by atoms with van der Waals surface area (Å²) in [6.07, 6.45) is 1.25. The number of nitrogens with zero attached hydrogens (tertiary/aromatic N) is 2. The summed E-state index contributed by atoms with van der Waals surface area (Å²) in [4.78, 5) is 6.72. The first kappa shape index (κ1) is 14.2. The molecule has 1 aromatic carbocycles. The monoisotopic (exact) mass is 279 g/mol. The minimum absolute atomic E-state index is 0.595. The Morgan fingerprint density at radius 3 is 2.58 bits per heavy atom. The Labute approximate surface area is 120 Å². The molecule has 0 bridgehead atoms. The van der Waals surface area contributed by atoms with Crippen molar-refractivity contribution in [3.8, 4) is 0 Å². The van der Waals surface area contributed by atoms with Crippen LogP contribution in [0.5, 0.6) is 0 Å². The van der Waals surface area contributed by atoms with Gasteiger partial charge in [-0.3, -0.25) is 4.99 Å². The summed E-state index contributed by atoms with van der Waals surface area (Å²) < 4.78 is 0. The van der Waals surface area contributed by atoms with Gasteiger partial charge in [-0.15, -0.1) is 0 Å². The van der Waals surface area contributed by atoms with Crippen molar-refractivity contribution in [3.05, 3.63) is 34.9 Å². The Morgan fingerprint density at radius 2 is 2.05 bits per heavy atom. The van der Waals surface area contributed by atoms with Crippen molar-refractivity contribution in [2.24, 2.45) is 10.9 Å². The zero-order chi connectivity index (χ0) is 13.8. The van der Waals surface area contributed by atoms with Gasteiger partial charge in [-0.2, -0.15) is 0 Å². The van der Waals surface area contributed by atoms with Crippen LogP contribution in [0, 0.1) is 5.92 Å². The van der Waals surface area contributed by atoms with E-state index < -0.39 is 0 Å². The van der Waals surface area contributed by atoms with Gasteiger partial charge < -0.3 is 10.2 Å². The third-order valence-electron chi connectivity index (χ3n) is 3.43. The first-order valence-corrected chi connectivity index (χ1v) is 7.24. The van der Waals surface area contributed by atoms with E-state index in [1.807, 2.05) is 12.1 Å². The van der Waals surface area contributed by atoms with Gasteiger partial charge in [0.2, 0.25) is 0 Å². The molecule has 2 rings (SSSR count). The number of hydrogen-bond donors (Lipinski definition) is 1. The maximum Gasteiger partial charge on any atom is 0.194 e. The van der Waals surface area contributed by atoms with E-state index in [1.54, 1.807) is 0 Å². The Bertz CT molecular complexity index is 441. The molecule has 1 aliphatic carbocycles. The van der Waals surface area contributed by atoms with Gasteiger partial charge in [0.1, 0.15) is 0 Å². The van der Waals surface area contributed by atoms with Crippen LogP contribution >= 0.6 is 11.6 Å². The van der Waals surface area contributed by atoms with Gasteiger partial charge in [-0.25, -0.2) is 0 Å². The molecule has 104 valence electrons. The highest BCUT2D eigenvalue weighted by Gasteiger charge is 2.33. The van der Waals surface area contributed by atoms with E-state index in [1.165, 1.54) is 12.0 Å². The Morgan fingerprint density at radius 1 is 1.42 bits per heavy atom. The van der Waals surface area contributed by atoms with Crippen molar-refractivity contribution in [1.29, 1.82) is 0 Å². The summed E-state index contributed by atoms with van der Waals surface area (Å²) in [5, 5.41) is 4.30. The van der Waals surface area contributed by atoms with Crippen LogP contribution in [0.2, 0.25) is 5.02 Å². The van der Waals surface area contributed by atoms with Gasteiger partial charge in [-0.1, -0.05) is 30.7 Å². The molecule has 2 unspecified atom stereocenters. The largest absolute Gasteiger partial charge is 0.353 e. The molecule has 0 amide bonds. The van der Waals surface area contributed by atoms with E-state index in [4.69, 9.17) is 11.6 Å². The zero-order valence-electron chi connectivity index (χ0n) is 11.9. The highest BCUT2D eigenvalue weighted by Crippen LogP contribution is 2.29. The Kier molecular flexibility index (Phi) is 4.70. The van der Waals surface area contributed by atoms with Crippen molar-refractivity contribution in [2.75, 3.05) is 13.6 Å². The van der Waals surface area contributed by atoms with Crippen LogP contribution in [0.1, 0.15) is 25.8 Å². The first-order chi connectivity index (χ1) is 9.10. The summed E-state index contributed by atoms with van der Waals surface area (Å²) in [7, 11) is 2.07. The second-order valence-electron chi connectivity index (χ2n) is 5.24. The molecule has 1 fully saturated rings. The van der Waals surface area contributed by atoms with Crippen LogP contribution in [-0.2, 0) is 6.54 Å². The average Bonchev–Trinajstić information content (AvgIpc) is 3.07. The minimum atomic E-state index is 0.595. The van der Waals surface area contributed by atoms with Crippen LogP contribution in [0.15, 0.2) is 29.3 Å². The average molecular weight is 280 g/mol. The van der Waals surface area contributed by atoms with Crippen LogP contribution in [0.4, 0.5) is 0 Å². The molecule has 0 aliphatic heterocycles. The summed E-state index contributed by atoms with van der Waals surface area (Å²) in [5.41, 5.74) is 1.24. The van der Waals surface area contributed by atoms with Gasteiger partial charge in [0.15, 0.2) is 5.96 Å². The topological polar surface area (TPSA) is 27.6 Å². The molecule has 1 N–H and O–H groups in total. The number of guanidine groups is 1. The van der Waals surface area contributed by atoms with Crippen LogP contribution in [-0.4, -0.2) is 30.5 Å². The lowest BCUT2D eigenvalue weighted by Gasteiger charge is -2.22. The van der Waals surface area contributed by atoms with Crippen molar-refractivity contribution in [2.45, 2.75) is 32.9 Å². The summed E-state index contributed by atoms with van der Waals surface area (Å²) >= 11 is 5.90. The summed E-state index contributed by atoms with van der Waals surface area (Å²) in [6, 6.07) is 8.57.